The Balaban J connectivity index is 1.52. The molecule has 12 heteroatoms. The molecule has 0 aliphatic carbocycles. The minimum absolute atomic E-state index is 0.129. The Morgan fingerprint density at radius 3 is 1.93 bits per heavy atom. The number of pyridine rings is 1. The monoisotopic (exact) mass is 626 g/mol. The van der Waals surface area contributed by atoms with Gasteiger partial charge in [-0.2, -0.15) is 0 Å². The van der Waals surface area contributed by atoms with E-state index >= 15 is 0 Å². The van der Waals surface area contributed by atoms with Crippen molar-refractivity contribution in [1.82, 2.24) is 20.9 Å². The molecule has 0 unspecified atom stereocenters. The molecular weight excluding hydrogens is 587 g/mol. The van der Waals surface area contributed by atoms with Crippen LogP contribution in [0, 0.1) is 5.92 Å². The van der Waals surface area contributed by atoms with Crippen LogP contribution in [0.3, 0.4) is 0 Å². The Labute approximate surface area is 268 Å². The molecule has 0 fully saturated rings. The molecule has 0 saturated carbocycles. The quantitative estimate of drug-likeness (QED) is 0.134. The number of rotatable bonds is 14. The summed E-state index contributed by atoms with van der Waals surface area (Å²) in [6, 6.07) is 19.0. The van der Waals surface area contributed by atoms with Gasteiger partial charge in [0, 0.05) is 29.8 Å². The predicted octanol–water partition coefficient (Wildman–Crippen LogP) is 2.47. The number of carbonyl (C=O) groups excluding carboxylic acids is 3. The molecule has 11 nitrogen and oxygen atoms in total. The first-order valence-corrected chi connectivity index (χ1v) is 14.9. The fraction of sp³-hybridized carbons (Fsp3) is 0.294. The summed E-state index contributed by atoms with van der Waals surface area (Å²) in [6.45, 7) is 3.53. The van der Waals surface area contributed by atoms with Gasteiger partial charge < -0.3 is 35.5 Å². The fourth-order valence-corrected chi connectivity index (χ4v) is 4.98. The summed E-state index contributed by atoms with van der Waals surface area (Å²) >= 11 is 0. The standard InChI is InChI=1S/C34H39BN4O7/c1-21(2)31(34(42)38-30(35(43)44)18-23-7-13-28(46-4)14-8-23)39-33(41)29(17-22-5-11-27(45-3)12-6-22)37-32(40)25-9-10-26-20-36-16-15-24(26)19-25/h5-16,19-21,29-31,43-44H,17-18H2,1-4H3,(H,37,40)(H,38,42)(H,39,41)/t29-,30-,31-/m0/s1. The molecule has 0 spiro atoms. The Morgan fingerprint density at radius 2 is 1.37 bits per heavy atom. The van der Waals surface area contributed by atoms with Crippen LogP contribution >= 0.6 is 0 Å². The van der Waals surface area contributed by atoms with Crippen LogP contribution in [0.5, 0.6) is 11.5 Å². The topological polar surface area (TPSA) is 159 Å². The van der Waals surface area contributed by atoms with Crippen molar-refractivity contribution in [3.05, 3.63) is 102 Å². The van der Waals surface area contributed by atoms with Gasteiger partial charge >= 0.3 is 7.12 Å². The third kappa shape index (κ3) is 9.05. The highest BCUT2D eigenvalue weighted by atomic mass is 16.5. The van der Waals surface area contributed by atoms with Gasteiger partial charge in [-0.1, -0.05) is 44.2 Å². The van der Waals surface area contributed by atoms with Crippen molar-refractivity contribution >= 4 is 35.6 Å². The van der Waals surface area contributed by atoms with Crippen LogP contribution in [-0.4, -0.2) is 72.1 Å². The summed E-state index contributed by atoms with van der Waals surface area (Å²) in [7, 11) is 1.25. The first-order valence-electron chi connectivity index (χ1n) is 14.9. The van der Waals surface area contributed by atoms with E-state index in [1.807, 2.05) is 0 Å². The molecule has 0 saturated heterocycles. The maximum absolute atomic E-state index is 13.8. The van der Waals surface area contributed by atoms with Gasteiger partial charge in [-0.3, -0.25) is 19.4 Å². The second kappa shape index (κ2) is 15.9. The summed E-state index contributed by atoms with van der Waals surface area (Å²) in [4.78, 5) is 44.8. The summed E-state index contributed by atoms with van der Waals surface area (Å²) in [5.41, 5.74) is 1.87. The molecule has 0 aliphatic heterocycles. The first-order chi connectivity index (χ1) is 22.1. The molecule has 4 aromatic rings. The molecule has 5 N–H and O–H groups in total. The average molecular weight is 627 g/mol. The number of hydrogen-bond acceptors (Lipinski definition) is 8. The molecule has 0 radical (unpaired) electrons. The molecule has 4 rings (SSSR count). The van der Waals surface area contributed by atoms with Crippen molar-refractivity contribution in [2.24, 2.45) is 5.92 Å². The van der Waals surface area contributed by atoms with Gasteiger partial charge in [0.1, 0.15) is 23.6 Å². The van der Waals surface area contributed by atoms with E-state index in [1.165, 1.54) is 0 Å². The SMILES string of the molecule is COc1ccc(C[C@H](NC(=O)[C@@H](NC(=O)[C@H](Cc2ccc(OC)cc2)NC(=O)c2ccc3cnccc3c2)C(C)C)B(O)O)cc1. The van der Waals surface area contributed by atoms with E-state index in [1.54, 1.807) is 113 Å². The summed E-state index contributed by atoms with van der Waals surface area (Å²) in [6.07, 6.45) is 3.61. The van der Waals surface area contributed by atoms with Gasteiger partial charge in [0.25, 0.3) is 5.91 Å². The first kappa shape index (κ1) is 33.9. The van der Waals surface area contributed by atoms with Crippen molar-refractivity contribution in [2.75, 3.05) is 14.2 Å². The lowest BCUT2D eigenvalue weighted by atomic mass is 9.75. The van der Waals surface area contributed by atoms with Gasteiger partial charge in [0.2, 0.25) is 11.8 Å². The molecule has 0 bridgehead atoms. The minimum Gasteiger partial charge on any atom is -0.497 e. The van der Waals surface area contributed by atoms with Crippen LogP contribution in [0.15, 0.2) is 85.2 Å². The normalized spacial score (nSPS) is 12.9. The van der Waals surface area contributed by atoms with Gasteiger partial charge in [0.05, 0.1) is 20.2 Å². The van der Waals surface area contributed by atoms with Crippen LogP contribution in [-0.2, 0) is 22.4 Å². The number of methoxy groups -OCH3 is 2. The molecule has 240 valence electrons. The summed E-state index contributed by atoms with van der Waals surface area (Å²) in [5.74, 6) is -1.74. The Bertz CT molecular complexity index is 1630. The van der Waals surface area contributed by atoms with Crippen LogP contribution in [0.25, 0.3) is 10.8 Å². The summed E-state index contributed by atoms with van der Waals surface area (Å²) in [5, 5.41) is 30.1. The Morgan fingerprint density at radius 1 is 0.761 bits per heavy atom. The van der Waals surface area contributed by atoms with Crippen LogP contribution < -0.4 is 25.4 Å². The number of carbonyl (C=O) groups is 3. The van der Waals surface area contributed by atoms with Gasteiger partial charge in [-0.05, 0) is 71.3 Å². The van der Waals surface area contributed by atoms with E-state index in [-0.39, 0.29) is 18.8 Å². The highest BCUT2D eigenvalue weighted by molar-refractivity contribution is 6.43. The lowest BCUT2D eigenvalue weighted by Gasteiger charge is -2.27. The zero-order chi connectivity index (χ0) is 33.2. The van der Waals surface area contributed by atoms with Gasteiger partial charge in [0.15, 0.2) is 0 Å². The number of fused-ring (bicyclic) bond motifs is 1. The zero-order valence-electron chi connectivity index (χ0n) is 26.3. The molecule has 3 atom stereocenters. The van der Waals surface area contributed by atoms with Crippen LogP contribution in [0.2, 0.25) is 0 Å². The maximum Gasteiger partial charge on any atom is 0.475 e. The van der Waals surface area contributed by atoms with Crippen molar-refractivity contribution in [3.8, 4) is 11.5 Å². The van der Waals surface area contributed by atoms with Crippen molar-refractivity contribution in [3.63, 3.8) is 0 Å². The highest BCUT2D eigenvalue weighted by Crippen LogP contribution is 2.17. The Hall–Kier alpha value is -4.94. The van der Waals surface area contributed by atoms with E-state index in [4.69, 9.17) is 9.47 Å². The zero-order valence-corrected chi connectivity index (χ0v) is 26.3. The third-order valence-corrected chi connectivity index (χ3v) is 7.67. The van der Waals surface area contributed by atoms with Crippen molar-refractivity contribution in [1.29, 1.82) is 0 Å². The van der Waals surface area contributed by atoms with Crippen molar-refractivity contribution in [2.45, 2.75) is 44.7 Å². The fourth-order valence-electron chi connectivity index (χ4n) is 4.98. The van der Waals surface area contributed by atoms with E-state index in [2.05, 4.69) is 20.9 Å². The summed E-state index contributed by atoms with van der Waals surface area (Å²) < 4.78 is 10.4. The van der Waals surface area contributed by atoms with Crippen LogP contribution in [0.1, 0.15) is 35.3 Å². The molecule has 1 heterocycles. The highest BCUT2D eigenvalue weighted by Gasteiger charge is 2.33. The number of hydrogen-bond donors (Lipinski definition) is 5. The largest absolute Gasteiger partial charge is 0.497 e. The van der Waals surface area contributed by atoms with Gasteiger partial charge in [-0.15, -0.1) is 0 Å². The molecule has 1 aromatic heterocycles. The second-order valence-electron chi connectivity index (χ2n) is 11.3. The Kier molecular flexibility index (Phi) is 11.7. The van der Waals surface area contributed by atoms with E-state index in [0.717, 1.165) is 21.9 Å². The van der Waals surface area contributed by atoms with E-state index < -0.39 is 42.9 Å². The lowest BCUT2D eigenvalue weighted by Crippen LogP contribution is -2.59. The average Bonchev–Trinajstić information content (AvgIpc) is 3.06. The predicted molar refractivity (Wildman–Crippen MR) is 175 cm³/mol. The number of ether oxygens (including phenoxy) is 2. The van der Waals surface area contributed by atoms with E-state index in [9.17, 15) is 24.4 Å². The molecule has 3 aromatic carbocycles. The number of nitrogens with zero attached hydrogens (tertiary/aromatic N) is 1. The smallest absolute Gasteiger partial charge is 0.475 e. The third-order valence-electron chi connectivity index (χ3n) is 7.67. The van der Waals surface area contributed by atoms with E-state index in [0.29, 0.717) is 17.1 Å². The van der Waals surface area contributed by atoms with Gasteiger partial charge in [-0.25, -0.2) is 0 Å². The molecular formula is C34H39BN4O7. The molecule has 3 amide bonds. The van der Waals surface area contributed by atoms with Crippen LogP contribution in [0.4, 0.5) is 0 Å². The van der Waals surface area contributed by atoms with Crippen molar-refractivity contribution < 1.29 is 33.9 Å². The second-order valence-corrected chi connectivity index (χ2v) is 11.3. The number of benzene rings is 3. The lowest BCUT2D eigenvalue weighted by molar-refractivity contribution is -0.131. The number of amides is 3. The minimum atomic E-state index is -1.85. The number of aromatic nitrogens is 1. The maximum atomic E-state index is 13.8. The molecule has 0 aliphatic rings. The molecule has 46 heavy (non-hydrogen) atoms. The number of nitrogens with one attached hydrogen (secondary N) is 3.